The number of nitrogens with one attached hydrogen (secondary N) is 2. The molecule has 4 aromatic rings. The molecular weight excluding hydrogens is 501 g/mol. The van der Waals surface area contributed by atoms with Gasteiger partial charge in [0, 0.05) is 22.2 Å². The van der Waals surface area contributed by atoms with Crippen molar-refractivity contribution in [2.24, 2.45) is 10.2 Å². The van der Waals surface area contributed by atoms with Crippen molar-refractivity contribution in [2.75, 3.05) is 5.32 Å². The van der Waals surface area contributed by atoms with Crippen molar-refractivity contribution >= 4 is 45.6 Å². The lowest BCUT2D eigenvalue weighted by Crippen LogP contribution is -2.34. The van der Waals surface area contributed by atoms with Gasteiger partial charge in [-0.25, -0.2) is 4.79 Å². The van der Waals surface area contributed by atoms with Crippen LogP contribution in [0.25, 0.3) is 10.8 Å². The van der Waals surface area contributed by atoms with Gasteiger partial charge in [0.2, 0.25) is 0 Å². The molecule has 0 heterocycles. The molecule has 0 aliphatic heterocycles. The van der Waals surface area contributed by atoms with Gasteiger partial charge in [-0.1, -0.05) is 18.2 Å². The number of fused-ring (bicyclic) bond motifs is 1. The molecule has 3 N–H and O–H groups in total. The van der Waals surface area contributed by atoms with Crippen LogP contribution in [0.4, 0.5) is 35.0 Å². The number of aromatic hydroxyl groups is 1. The summed E-state index contributed by atoms with van der Waals surface area (Å²) in [5, 5.41) is 23.8. The number of hydrogen-bond donors (Lipinski definition) is 3. The van der Waals surface area contributed by atoms with Crippen molar-refractivity contribution in [1.29, 1.82) is 0 Å². The third kappa shape index (κ3) is 6.01. The quantitative estimate of drug-likeness (QED) is 0.191. The number of Topliss-reactive ketones (excluding diaryl/α,β-unsaturated/α-hetero) is 1. The molecule has 0 bridgehead atoms. The molecule has 192 valence electrons. The number of phenolic OH excluding ortho intramolecular Hbond substituents is 1. The van der Waals surface area contributed by atoms with E-state index < -0.39 is 23.7 Å². The Bertz CT molecular complexity index is 1580. The molecule has 0 aliphatic carbocycles. The number of anilines is 1. The number of hydrogen-bond acceptors (Lipinski definition) is 6. The van der Waals surface area contributed by atoms with E-state index in [1.54, 1.807) is 30.3 Å². The molecule has 0 saturated carbocycles. The van der Waals surface area contributed by atoms with Crippen molar-refractivity contribution in [1.82, 2.24) is 5.32 Å². The topological polar surface area (TPSA) is 120 Å². The summed E-state index contributed by atoms with van der Waals surface area (Å²) in [5.74, 6) is -1.04. The van der Waals surface area contributed by atoms with Crippen LogP contribution in [0.3, 0.4) is 0 Å². The zero-order valence-electron chi connectivity index (χ0n) is 19.7. The number of benzene rings is 4. The van der Waals surface area contributed by atoms with Crippen LogP contribution in [-0.4, -0.2) is 22.8 Å². The minimum atomic E-state index is -4.58. The first-order chi connectivity index (χ1) is 18.0. The molecule has 0 spiro atoms. The molecule has 0 saturated heterocycles. The second-order valence-electron chi connectivity index (χ2n) is 8.16. The average molecular weight is 520 g/mol. The summed E-state index contributed by atoms with van der Waals surface area (Å²) in [6.45, 7) is 1.45. The van der Waals surface area contributed by atoms with E-state index in [9.17, 15) is 32.7 Å². The predicted octanol–water partition coefficient (Wildman–Crippen LogP) is 7.14. The Balaban J connectivity index is 1.51. The van der Waals surface area contributed by atoms with Crippen molar-refractivity contribution in [3.05, 3.63) is 95.6 Å². The van der Waals surface area contributed by atoms with Crippen molar-refractivity contribution in [3.63, 3.8) is 0 Å². The highest BCUT2D eigenvalue weighted by Gasteiger charge is 2.30. The van der Waals surface area contributed by atoms with Gasteiger partial charge in [0.05, 0.1) is 11.3 Å². The number of phenols is 1. The molecule has 38 heavy (non-hydrogen) atoms. The third-order valence-electron chi connectivity index (χ3n) is 5.45. The van der Waals surface area contributed by atoms with Crippen molar-refractivity contribution < 1.29 is 32.7 Å². The zero-order valence-corrected chi connectivity index (χ0v) is 19.7. The largest absolute Gasteiger partial charge is 0.506 e. The summed E-state index contributed by atoms with van der Waals surface area (Å²) >= 11 is 0. The van der Waals surface area contributed by atoms with E-state index in [0.717, 1.165) is 18.2 Å². The van der Waals surface area contributed by atoms with Gasteiger partial charge in [-0.2, -0.15) is 18.3 Å². The maximum Gasteiger partial charge on any atom is 0.416 e. The van der Waals surface area contributed by atoms with Crippen LogP contribution >= 0.6 is 0 Å². The molecule has 8 nitrogen and oxygen atoms in total. The van der Waals surface area contributed by atoms with Crippen LogP contribution in [0, 0.1) is 0 Å². The number of ketones is 1. The van der Waals surface area contributed by atoms with Gasteiger partial charge in [-0.15, -0.1) is 5.11 Å². The highest BCUT2D eigenvalue weighted by molar-refractivity contribution is 6.10. The maximum atomic E-state index is 12.9. The monoisotopic (exact) mass is 520 g/mol. The summed E-state index contributed by atoms with van der Waals surface area (Å²) in [5.41, 5.74) is 0.128. The lowest BCUT2D eigenvalue weighted by atomic mass is 10.0. The molecule has 4 rings (SSSR count). The SMILES string of the molecule is CC(=O)c1ccc(N=Nc2c(O)ccc3cc(C(=O)NC(=O)Nc4cccc(C(F)(F)F)c4)ccc23)cc1. The summed E-state index contributed by atoms with van der Waals surface area (Å²) < 4.78 is 38.6. The smallest absolute Gasteiger partial charge is 0.416 e. The highest BCUT2D eigenvalue weighted by Crippen LogP contribution is 2.36. The minimum absolute atomic E-state index is 0.0880. The van der Waals surface area contributed by atoms with E-state index in [0.29, 0.717) is 22.0 Å². The number of carbonyl (C=O) groups excluding carboxylic acids is 3. The fraction of sp³-hybridized carbons (Fsp3) is 0.0741. The van der Waals surface area contributed by atoms with E-state index >= 15 is 0 Å². The first-order valence-electron chi connectivity index (χ1n) is 11.1. The van der Waals surface area contributed by atoms with Gasteiger partial charge < -0.3 is 10.4 Å². The molecule has 0 aliphatic rings. The number of nitrogens with zero attached hydrogens (tertiary/aromatic N) is 2. The molecular formula is C27H19F3N4O4. The Hall–Kier alpha value is -5.06. The van der Waals surface area contributed by atoms with Crippen LogP contribution in [0.2, 0.25) is 0 Å². The van der Waals surface area contributed by atoms with Crippen LogP contribution in [0.15, 0.2) is 89.1 Å². The van der Waals surface area contributed by atoms with Gasteiger partial charge in [-0.05, 0) is 73.0 Å². The highest BCUT2D eigenvalue weighted by atomic mass is 19.4. The summed E-state index contributed by atoms with van der Waals surface area (Å²) in [7, 11) is 0. The fourth-order valence-corrected chi connectivity index (χ4v) is 3.53. The Morgan fingerprint density at radius 2 is 1.55 bits per heavy atom. The number of rotatable bonds is 5. The second kappa shape index (κ2) is 10.5. The number of imide groups is 1. The van der Waals surface area contributed by atoms with Gasteiger partial charge >= 0.3 is 12.2 Å². The molecule has 0 atom stereocenters. The van der Waals surface area contributed by atoms with Crippen molar-refractivity contribution in [3.8, 4) is 5.75 Å². The standard InChI is InChI=1S/C27H19F3N4O4/c1-15(35)16-5-9-20(10-6-16)33-34-24-22-11-7-18(13-17(22)8-12-23(24)36)25(37)32-26(38)31-21-4-2-3-19(14-21)27(28,29)30/h2-14,36H,1H3,(H2,31,32,37,38). The normalized spacial score (nSPS) is 11.5. The predicted molar refractivity (Wildman–Crippen MR) is 134 cm³/mol. The molecule has 0 unspecified atom stereocenters. The van der Waals surface area contributed by atoms with Gasteiger partial charge in [-0.3, -0.25) is 14.9 Å². The number of azo groups is 1. The molecule has 3 amide bonds. The Morgan fingerprint density at radius 3 is 2.24 bits per heavy atom. The van der Waals surface area contributed by atoms with Crippen molar-refractivity contribution in [2.45, 2.75) is 13.1 Å². The number of halogens is 3. The zero-order chi connectivity index (χ0) is 27.4. The van der Waals surface area contributed by atoms with Crippen LogP contribution in [0.5, 0.6) is 5.75 Å². The van der Waals surface area contributed by atoms with Crippen LogP contribution < -0.4 is 10.6 Å². The van der Waals surface area contributed by atoms with Gasteiger partial charge in [0.25, 0.3) is 5.91 Å². The third-order valence-corrected chi connectivity index (χ3v) is 5.45. The van der Waals surface area contributed by atoms with E-state index in [1.165, 1.54) is 37.3 Å². The first kappa shape index (κ1) is 26.0. The van der Waals surface area contributed by atoms with Gasteiger partial charge in [0.15, 0.2) is 5.78 Å². The minimum Gasteiger partial charge on any atom is -0.506 e. The number of urea groups is 1. The number of alkyl halides is 3. The van der Waals surface area contributed by atoms with E-state index in [1.807, 2.05) is 0 Å². The molecule has 0 aromatic heterocycles. The molecule has 4 aromatic carbocycles. The Labute approximate surface area is 213 Å². The lowest BCUT2D eigenvalue weighted by molar-refractivity contribution is -0.137. The fourth-order valence-electron chi connectivity index (χ4n) is 3.53. The lowest BCUT2D eigenvalue weighted by Gasteiger charge is -2.11. The number of carbonyl (C=O) groups is 3. The first-order valence-corrected chi connectivity index (χ1v) is 11.1. The summed E-state index contributed by atoms with van der Waals surface area (Å²) in [4.78, 5) is 36.2. The summed E-state index contributed by atoms with van der Waals surface area (Å²) in [6.07, 6.45) is -4.58. The molecule has 11 heteroatoms. The Morgan fingerprint density at radius 1 is 0.842 bits per heavy atom. The Kier molecular flexibility index (Phi) is 7.19. The maximum absolute atomic E-state index is 12.9. The molecule has 0 radical (unpaired) electrons. The molecule has 0 fully saturated rings. The average Bonchev–Trinajstić information content (AvgIpc) is 2.87. The summed E-state index contributed by atoms with van der Waals surface area (Å²) in [6, 6.07) is 16.7. The second-order valence-corrected chi connectivity index (χ2v) is 8.16. The van der Waals surface area contributed by atoms with E-state index in [2.05, 4.69) is 20.9 Å². The van der Waals surface area contributed by atoms with Gasteiger partial charge in [0.1, 0.15) is 11.4 Å². The van der Waals surface area contributed by atoms with Crippen LogP contribution in [0.1, 0.15) is 33.2 Å². The van der Waals surface area contributed by atoms with Crippen LogP contribution in [-0.2, 0) is 6.18 Å². The van der Waals surface area contributed by atoms with E-state index in [4.69, 9.17) is 0 Å². The number of amides is 3. The van der Waals surface area contributed by atoms with E-state index in [-0.39, 0.29) is 28.5 Å².